The summed E-state index contributed by atoms with van der Waals surface area (Å²) in [6.07, 6.45) is 3.69. The molecule has 25 heavy (non-hydrogen) atoms. The molecule has 0 spiro atoms. The zero-order valence-electron chi connectivity index (χ0n) is 14.3. The number of amides is 2. The highest BCUT2D eigenvalue weighted by atomic mass is 16.5. The summed E-state index contributed by atoms with van der Waals surface area (Å²) in [6, 6.07) is 5.68. The van der Waals surface area contributed by atoms with E-state index in [9.17, 15) is 4.79 Å². The van der Waals surface area contributed by atoms with E-state index in [-0.39, 0.29) is 11.9 Å². The molecular formula is C17H20N6O2. The highest BCUT2D eigenvalue weighted by molar-refractivity contribution is 5.92. The summed E-state index contributed by atoms with van der Waals surface area (Å²) >= 11 is 0. The lowest BCUT2D eigenvalue weighted by Crippen LogP contribution is -2.41. The standard InChI is InChI=1S/C17H20N6O2/c1-11-19-16(21-25-11)13-4-3-7-23(10-13)17(24)20-14-6-5-12-9-18-22(2)15(12)8-14/h5-6,8-9,13H,3-4,7,10H2,1-2H3,(H,20,24)/t13-/m1/s1. The number of anilines is 1. The van der Waals surface area contributed by atoms with Crippen LogP contribution in [0.2, 0.25) is 0 Å². The van der Waals surface area contributed by atoms with Crippen molar-refractivity contribution >= 4 is 22.6 Å². The smallest absolute Gasteiger partial charge is 0.321 e. The van der Waals surface area contributed by atoms with Gasteiger partial charge in [0.15, 0.2) is 5.82 Å². The maximum absolute atomic E-state index is 12.6. The second-order valence-electron chi connectivity index (χ2n) is 6.43. The molecule has 0 radical (unpaired) electrons. The number of aromatic nitrogens is 4. The normalized spacial score (nSPS) is 17.8. The van der Waals surface area contributed by atoms with E-state index in [2.05, 4.69) is 20.6 Å². The monoisotopic (exact) mass is 340 g/mol. The fourth-order valence-electron chi connectivity index (χ4n) is 3.28. The SMILES string of the molecule is Cc1nc([C@@H]2CCCN(C(=O)Nc3ccc4cnn(C)c4c3)C2)no1. The summed E-state index contributed by atoms with van der Waals surface area (Å²) in [6.45, 7) is 3.10. The Bertz CT molecular complexity index is 915. The van der Waals surface area contributed by atoms with E-state index < -0.39 is 0 Å². The van der Waals surface area contributed by atoms with Gasteiger partial charge in [0.05, 0.1) is 11.7 Å². The minimum Gasteiger partial charge on any atom is -0.340 e. The van der Waals surface area contributed by atoms with Crippen LogP contribution in [0.4, 0.5) is 10.5 Å². The fraction of sp³-hybridized carbons (Fsp3) is 0.412. The maximum Gasteiger partial charge on any atom is 0.321 e. The van der Waals surface area contributed by atoms with Gasteiger partial charge in [-0.15, -0.1) is 0 Å². The van der Waals surface area contributed by atoms with E-state index in [0.29, 0.717) is 18.3 Å². The molecule has 0 aliphatic carbocycles. The lowest BCUT2D eigenvalue weighted by atomic mass is 9.98. The minimum atomic E-state index is -0.105. The van der Waals surface area contributed by atoms with Gasteiger partial charge in [0.2, 0.25) is 5.89 Å². The lowest BCUT2D eigenvalue weighted by Gasteiger charge is -2.31. The Morgan fingerprint density at radius 3 is 3.08 bits per heavy atom. The summed E-state index contributed by atoms with van der Waals surface area (Å²) in [5, 5.41) is 12.2. The number of hydrogen-bond acceptors (Lipinski definition) is 5. The number of fused-ring (bicyclic) bond motifs is 1. The van der Waals surface area contributed by atoms with Gasteiger partial charge in [0.1, 0.15) is 0 Å². The van der Waals surface area contributed by atoms with Crippen LogP contribution in [0.25, 0.3) is 10.9 Å². The predicted octanol–water partition coefficient (Wildman–Crippen LogP) is 2.68. The number of hydrogen-bond donors (Lipinski definition) is 1. The summed E-state index contributed by atoms with van der Waals surface area (Å²) in [4.78, 5) is 18.8. The Morgan fingerprint density at radius 1 is 1.40 bits per heavy atom. The first kappa shape index (κ1) is 15.6. The number of benzene rings is 1. The Morgan fingerprint density at radius 2 is 2.28 bits per heavy atom. The highest BCUT2D eigenvalue weighted by Gasteiger charge is 2.27. The number of urea groups is 1. The summed E-state index contributed by atoms with van der Waals surface area (Å²) in [5.74, 6) is 1.36. The number of carbonyl (C=O) groups excluding carboxylic acids is 1. The van der Waals surface area contributed by atoms with Gasteiger partial charge in [-0.3, -0.25) is 4.68 Å². The van der Waals surface area contributed by atoms with E-state index in [1.807, 2.05) is 36.3 Å². The molecule has 1 fully saturated rings. The molecule has 8 nitrogen and oxygen atoms in total. The average Bonchev–Trinajstić information content (AvgIpc) is 3.21. The van der Waals surface area contributed by atoms with Crippen molar-refractivity contribution in [3.05, 3.63) is 36.1 Å². The van der Waals surface area contributed by atoms with Crippen molar-refractivity contribution in [3.63, 3.8) is 0 Å². The molecule has 0 bridgehead atoms. The van der Waals surface area contributed by atoms with E-state index in [1.165, 1.54) is 0 Å². The van der Waals surface area contributed by atoms with Gasteiger partial charge < -0.3 is 14.7 Å². The van der Waals surface area contributed by atoms with Crippen molar-refractivity contribution in [1.82, 2.24) is 24.8 Å². The van der Waals surface area contributed by atoms with Crippen LogP contribution in [0.3, 0.4) is 0 Å². The number of rotatable bonds is 2. The third kappa shape index (κ3) is 3.07. The minimum absolute atomic E-state index is 0.105. The first-order valence-electron chi connectivity index (χ1n) is 8.38. The highest BCUT2D eigenvalue weighted by Crippen LogP contribution is 2.26. The van der Waals surface area contributed by atoms with Gasteiger partial charge in [-0.05, 0) is 31.0 Å². The number of aryl methyl sites for hydroxylation is 2. The van der Waals surface area contributed by atoms with E-state index in [1.54, 1.807) is 11.6 Å². The topological polar surface area (TPSA) is 89.1 Å². The Kier molecular flexibility index (Phi) is 3.87. The van der Waals surface area contributed by atoms with E-state index in [0.717, 1.165) is 36.0 Å². The molecule has 0 unspecified atom stereocenters. The van der Waals surface area contributed by atoms with Crippen molar-refractivity contribution < 1.29 is 9.32 Å². The van der Waals surface area contributed by atoms with Crippen molar-refractivity contribution in [2.75, 3.05) is 18.4 Å². The van der Waals surface area contributed by atoms with Crippen LogP contribution >= 0.6 is 0 Å². The van der Waals surface area contributed by atoms with Gasteiger partial charge in [-0.25, -0.2) is 4.79 Å². The van der Waals surface area contributed by atoms with Crippen LogP contribution < -0.4 is 5.32 Å². The van der Waals surface area contributed by atoms with Crippen molar-refractivity contribution in [2.45, 2.75) is 25.7 Å². The molecule has 1 aliphatic rings. The molecule has 1 atom stereocenters. The zero-order chi connectivity index (χ0) is 17.4. The first-order chi connectivity index (χ1) is 12.1. The quantitative estimate of drug-likeness (QED) is 0.775. The molecule has 0 saturated carbocycles. The zero-order valence-corrected chi connectivity index (χ0v) is 14.3. The predicted molar refractivity (Wildman–Crippen MR) is 92.3 cm³/mol. The molecule has 1 N–H and O–H groups in total. The first-order valence-corrected chi connectivity index (χ1v) is 8.38. The molecule has 3 aromatic rings. The van der Waals surface area contributed by atoms with Gasteiger partial charge in [-0.1, -0.05) is 5.16 Å². The second kappa shape index (κ2) is 6.19. The third-order valence-corrected chi connectivity index (χ3v) is 4.62. The number of nitrogens with zero attached hydrogens (tertiary/aromatic N) is 5. The molecule has 1 saturated heterocycles. The number of nitrogens with one attached hydrogen (secondary N) is 1. The van der Waals surface area contributed by atoms with E-state index >= 15 is 0 Å². The van der Waals surface area contributed by atoms with Gasteiger partial charge in [0.25, 0.3) is 0 Å². The molecule has 3 heterocycles. The fourth-order valence-corrected chi connectivity index (χ4v) is 3.28. The van der Waals surface area contributed by atoms with Crippen molar-refractivity contribution in [1.29, 1.82) is 0 Å². The Labute approximate surface area is 144 Å². The molecule has 1 aliphatic heterocycles. The van der Waals surface area contributed by atoms with Crippen LogP contribution in [-0.2, 0) is 7.05 Å². The molecule has 8 heteroatoms. The number of carbonyl (C=O) groups is 1. The summed E-state index contributed by atoms with van der Waals surface area (Å²) in [7, 11) is 1.88. The molecule has 130 valence electrons. The van der Waals surface area contributed by atoms with E-state index in [4.69, 9.17) is 4.52 Å². The van der Waals surface area contributed by atoms with Gasteiger partial charge >= 0.3 is 6.03 Å². The van der Waals surface area contributed by atoms with Crippen molar-refractivity contribution in [2.24, 2.45) is 7.05 Å². The Hall–Kier alpha value is -2.90. The summed E-state index contributed by atoms with van der Waals surface area (Å²) in [5.41, 5.74) is 1.75. The van der Waals surface area contributed by atoms with Crippen LogP contribution in [0, 0.1) is 6.92 Å². The third-order valence-electron chi connectivity index (χ3n) is 4.62. The van der Waals surface area contributed by atoms with Gasteiger partial charge in [0, 0.05) is 44.1 Å². The average molecular weight is 340 g/mol. The molecule has 4 rings (SSSR count). The number of likely N-dealkylation sites (tertiary alicyclic amines) is 1. The van der Waals surface area contributed by atoms with Crippen molar-refractivity contribution in [3.8, 4) is 0 Å². The van der Waals surface area contributed by atoms with Crippen LogP contribution in [0.1, 0.15) is 30.5 Å². The molecule has 2 aromatic heterocycles. The molecule has 1 aromatic carbocycles. The maximum atomic E-state index is 12.6. The van der Waals surface area contributed by atoms with Crippen LogP contribution in [-0.4, -0.2) is 43.9 Å². The Balaban J connectivity index is 1.47. The van der Waals surface area contributed by atoms with Gasteiger partial charge in [-0.2, -0.15) is 10.1 Å². The molecular weight excluding hydrogens is 320 g/mol. The summed E-state index contributed by atoms with van der Waals surface area (Å²) < 4.78 is 6.86. The second-order valence-corrected chi connectivity index (χ2v) is 6.43. The lowest BCUT2D eigenvalue weighted by molar-refractivity contribution is 0.190. The van der Waals surface area contributed by atoms with Crippen LogP contribution in [0.15, 0.2) is 28.9 Å². The van der Waals surface area contributed by atoms with Crippen LogP contribution in [0.5, 0.6) is 0 Å². The largest absolute Gasteiger partial charge is 0.340 e. The molecule has 2 amide bonds. The number of piperidine rings is 1.